The molecular weight excluding hydrogens is 347 g/mol. The SMILES string of the molecule is O=C1C(Nc2ccnc(C3CC3)n2)CCN1c1ccc(Cl)c(Cl)c1. The Hall–Kier alpha value is -1.85. The summed E-state index contributed by atoms with van der Waals surface area (Å²) in [5, 5.41) is 4.17. The average Bonchev–Trinajstić information content (AvgIpc) is 3.37. The number of anilines is 2. The lowest BCUT2D eigenvalue weighted by Gasteiger charge is -2.18. The number of carbonyl (C=O) groups is 1. The van der Waals surface area contributed by atoms with E-state index in [4.69, 9.17) is 23.2 Å². The highest BCUT2D eigenvalue weighted by atomic mass is 35.5. The van der Waals surface area contributed by atoms with Gasteiger partial charge in [-0.05, 0) is 43.5 Å². The van der Waals surface area contributed by atoms with Gasteiger partial charge in [0.1, 0.15) is 17.7 Å². The number of hydrogen-bond donors (Lipinski definition) is 1. The Morgan fingerprint density at radius 2 is 1.96 bits per heavy atom. The van der Waals surface area contributed by atoms with Crippen molar-refractivity contribution in [1.82, 2.24) is 9.97 Å². The highest BCUT2D eigenvalue weighted by Crippen LogP contribution is 2.38. The molecule has 1 aromatic carbocycles. The molecule has 5 nitrogen and oxygen atoms in total. The van der Waals surface area contributed by atoms with Crippen LogP contribution in [-0.2, 0) is 4.79 Å². The van der Waals surface area contributed by atoms with Gasteiger partial charge in [0.25, 0.3) is 0 Å². The molecule has 0 spiro atoms. The normalized spacial score (nSPS) is 20.5. The molecule has 1 unspecified atom stereocenters. The molecule has 1 aliphatic carbocycles. The Balaban J connectivity index is 1.48. The highest BCUT2D eigenvalue weighted by Gasteiger charge is 2.33. The molecule has 4 rings (SSSR count). The van der Waals surface area contributed by atoms with Crippen molar-refractivity contribution in [1.29, 1.82) is 0 Å². The standard InChI is InChI=1S/C17H16Cl2N4O/c18-12-4-3-11(9-13(12)19)23-8-6-14(17(23)24)21-15-5-7-20-16(22-15)10-1-2-10/h3-5,7,9-10,14H,1-2,6,8H2,(H,20,21,22). The third-order valence-corrected chi connectivity index (χ3v) is 5.10. The molecule has 0 radical (unpaired) electrons. The Kier molecular flexibility index (Phi) is 4.06. The minimum absolute atomic E-state index is 0.0139. The maximum absolute atomic E-state index is 12.7. The molecule has 1 aliphatic heterocycles. The first-order valence-electron chi connectivity index (χ1n) is 7.98. The molecule has 1 amide bonds. The molecule has 0 bridgehead atoms. The fourth-order valence-electron chi connectivity index (χ4n) is 2.89. The van der Waals surface area contributed by atoms with E-state index in [0.29, 0.717) is 34.7 Å². The Bertz CT molecular complexity index is 794. The third kappa shape index (κ3) is 3.06. The smallest absolute Gasteiger partial charge is 0.249 e. The predicted octanol–water partition coefficient (Wildman–Crippen LogP) is 3.88. The summed E-state index contributed by atoms with van der Waals surface area (Å²) in [7, 11) is 0. The second-order valence-electron chi connectivity index (χ2n) is 6.15. The second-order valence-corrected chi connectivity index (χ2v) is 6.96. The Morgan fingerprint density at radius 1 is 1.12 bits per heavy atom. The van der Waals surface area contributed by atoms with Gasteiger partial charge in [0.05, 0.1) is 10.0 Å². The minimum atomic E-state index is -0.290. The quantitative estimate of drug-likeness (QED) is 0.896. The van der Waals surface area contributed by atoms with Crippen LogP contribution in [0.4, 0.5) is 11.5 Å². The van der Waals surface area contributed by atoms with E-state index in [-0.39, 0.29) is 11.9 Å². The van der Waals surface area contributed by atoms with Crippen molar-refractivity contribution in [3.05, 3.63) is 46.3 Å². The molecule has 1 saturated carbocycles. The molecule has 2 aromatic rings. The summed E-state index contributed by atoms with van der Waals surface area (Å²) in [6.45, 7) is 0.634. The fourth-order valence-corrected chi connectivity index (χ4v) is 3.19. The number of aromatic nitrogens is 2. The molecule has 1 N–H and O–H groups in total. The van der Waals surface area contributed by atoms with Gasteiger partial charge in [-0.1, -0.05) is 23.2 Å². The van der Waals surface area contributed by atoms with E-state index >= 15 is 0 Å². The van der Waals surface area contributed by atoms with Crippen LogP contribution in [0.25, 0.3) is 0 Å². The van der Waals surface area contributed by atoms with Crippen LogP contribution < -0.4 is 10.2 Å². The number of hydrogen-bond acceptors (Lipinski definition) is 4. The number of carbonyl (C=O) groups excluding carboxylic acids is 1. The lowest BCUT2D eigenvalue weighted by Crippen LogP contribution is -2.33. The molecule has 124 valence electrons. The van der Waals surface area contributed by atoms with Crippen LogP contribution in [-0.4, -0.2) is 28.5 Å². The van der Waals surface area contributed by atoms with Crippen LogP contribution in [0.3, 0.4) is 0 Å². The van der Waals surface area contributed by atoms with Crippen LogP contribution in [0.2, 0.25) is 10.0 Å². The second kappa shape index (κ2) is 6.22. The summed E-state index contributed by atoms with van der Waals surface area (Å²) in [5.74, 6) is 2.08. The number of amides is 1. The topological polar surface area (TPSA) is 58.1 Å². The average molecular weight is 363 g/mol. The number of nitrogens with one attached hydrogen (secondary N) is 1. The maximum Gasteiger partial charge on any atom is 0.249 e. The Labute approximate surface area is 150 Å². The van der Waals surface area contributed by atoms with Crippen LogP contribution in [0.5, 0.6) is 0 Å². The van der Waals surface area contributed by atoms with E-state index < -0.39 is 0 Å². The van der Waals surface area contributed by atoms with E-state index in [0.717, 1.165) is 24.4 Å². The summed E-state index contributed by atoms with van der Waals surface area (Å²) in [6, 6.07) is 6.76. The first-order chi connectivity index (χ1) is 11.6. The lowest BCUT2D eigenvalue weighted by molar-refractivity contribution is -0.117. The molecular formula is C17H16Cl2N4O. The zero-order valence-corrected chi connectivity index (χ0v) is 14.4. The van der Waals surface area contributed by atoms with Crippen molar-refractivity contribution in [2.75, 3.05) is 16.8 Å². The van der Waals surface area contributed by atoms with E-state index in [9.17, 15) is 4.79 Å². The fraction of sp³-hybridized carbons (Fsp3) is 0.353. The number of benzene rings is 1. The zero-order chi connectivity index (χ0) is 16.7. The lowest BCUT2D eigenvalue weighted by atomic mass is 10.2. The third-order valence-electron chi connectivity index (χ3n) is 4.36. The van der Waals surface area contributed by atoms with Gasteiger partial charge >= 0.3 is 0 Å². The highest BCUT2D eigenvalue weighted by molar-refractivity contribution is 6.42. The Morgan fingerprint density at radius 3 is 2.71 bits per heavy atom. The van der Waals surface area contributed by atoms with Crippen molar-refractivity contribution in [2.24, 2.45) is 0 Å². The molecule has 1 saturated heterocycles. The van der Waals surface area contributed by atoms with Crippen molar-refractivity contribution in [3.8, 4) is 0 Å². The maximum atomic E-state index is 12.7. The van der Waals surface area contributed by atoms with Crippen LogP contribution in [0.15, 0.2) is 30.5 Å². The van der Waals surface area contributed by atoms with Crippen molar-refractivity contribution in [3.63, 3.8) is 0 Å². The van der Waals surface area contributed by atoms with Crippen molar-refractivity contribution < 1.29 is 4.79 Å². The zero-order valence-electron chi connectivity index (χ0n) is 12.9. The molecule has 2 fully saturated rings. The van der Waals surface area contributed by atoms with E-state index in [1.807, 2.05) is 6.07 Å². The summed E-state index contributed by atoms with van der Waals surface area (Å²) in [4.78, 5) is 23.2. The first kappa shape index (κ1) is 15.7. The van der Waals surface area contributed by atoms with Gasteiger partial charge in [0.2, 0.25) is 5.91 Å². The van der Waals surface area contributed by atoms with E-state index in [1.165, 1.54) is 0 Å². The van der Waals surface area contributed by atoms with Gasteiger partial charge in [-0.25, -0.2) is 9.97 Å². The molecule has 24 heavy (non-hydrogen) atoms. The van der Waals surface area contributed by atoms with Gasteiger partial charge in [0, 0.05) is 24.3 Å². The van der Waals surface area contributed by atoms with Crippen molar-refractivity contribution >= 4 is 40.6 Å². The first-order valence-corrected chi connectivity index (χ1v) is 8.73. The van der Waals surface area contributed by atoms with Crippen LogP contribution in [0.1, 0.15) is 31.0 Å². The molecule has 2 heterocycles. The number of rotatable bonds is 4. The van der Waals surface area contributed by atoms with E-state index in [2.05, 4.69) is 15.3 Å². The predicted molar refractivity (Wildman–Crippen MR) is 94.8 cm³/mol. The molecule has 7 heteroatoms. The largest absolute Gasteiger partial charge is 0.358 e. The summed E-state index contributed by atoms with van der Waals surface area (Å²) < 4.78 is 0. The van der Waals surface area contributed by atoms with Crippen molar-refractivity contribution in [2.45, 2.75) is 31.2 Å². The summed E-state index contributed by atoms with van der Waals surface area (Å²) in [6.07, 6.45) is 4.76. The molecule has 1 aromatic heterocycles. The monoisotopic (exact) mass is 362 g/mol. The molecule has 1 atom stereocenters. The van der Waals surface area contributed by atoms with Gasteiger partial charge < -0.3 is 10.2 Å². The summed E-state index contributed by atoms with van der Waals surface area (Å²) in [5.41, 5.74) is 0.764. The number of nitrogens with zero attached hydrogens (tertiary/aromatic N) is 3. The number of halogens is 2. The van der Waals surface area contributed by atoms with Gasteiger partial charge in [0.15, 0.2) is 0 Å². The van der Waals surface area contributed by atoms with E-state index in [1.54, 1.807) is 29.3 Å². The van der Waals surface area contributed by atoms with Gasteiger partial charge in [-0.3, -0.25) is 4.79 Å². The van der Waals surface area contributed by atoms with Gasteiger partial charge in [-0.15, -0.1) is 0 Å². The summed E-state index contributed by atoms with van der Waals surface area (Å²) >= 11 is 12.0. The molecule has 2 aliphatic rings. The minimum Gasteiger partial charge on any atom is -0.358 e. The van der Waals surface area contributed by atoms with Crippen LogP contribution in [0, 0.1) is 0 Å². The van der Waals surface area contributed by atoms with Gasteiger partial charge in [-0.2, -0.15) is 0 Å². The van der Waals surface area contributed by atoms with Crippen LogP contribution >= 0.6 is 23.2 Å².